The standard InChI is InChI=1S/C11H14F3NO3/c1-18-9-3-2-6(4-8(9)17)7(16)5-10(15)11(12,13)14/h2-4,7,10,16-17H,5,15H2,1H3/t7-,10-/m0/s1. The summed E-state index contributed by atoms with van der Waals surface area (Å²) in [5.74, 6) is -0.0827. The van der Waals surface area contributed by atoms with E-state index in [1.165, 1.54) is 19.2 Å². The van der Waals surface area contributed by atoms with E-state index in [9.17, 15) is 23.4 Å². The summed E-state index contributed by atoms with van der Waals surface area (Å²) >= 11 is 0. The summed E-state index contributed by atoms with van der Waals surface area (Å²) in [6.45, 7) is 0. The lowest BCUT2D eigenvalue weighted by molar-refractivity contribution is -0.153. The first-order valence-electron chi connectivity index (χ1n) is 5.13. The molecule has 7 heteroatoms. The maximum atomic E-state index is 12.2. The van der Waals surface area contributed by atoms with Gasteiger partial charge >= 0.3 is 6.18 Å². The number of phenols is 1. The summed E-state index contributed by atoms with van der Waals surface area (Å²) in [5, 5.41) is 19.1. The molecule has 102 valence electrons. The van der Waals surface area contributed by atoms with Crippen LogP contribution in [0.3, 0.4) is 0 Å². The second kappa shape index (κ2) is 5.45. The molecular weight excluding hydrogens is 251 g/mol. The van der Waals surface area contributed by atoms with Crippen molar-refractivity contribution in [2.24, 2.45) is 5.73 Å². The van der Waals surface area contributed by atoms with E-state index in [4.69, 9.17) is 10.5 Å². The Labute approximate surface area is 102 Å². The molecule has 0 unspecified atom stereocenters. The number of ether oxygens (including phenoxy) is 1. The summed E-state index contributed by atoms with van der Waals surface area (Å²) in [6.07, 6.45) is -6.64. The van der Waals surface area contributed by atoms with Crippen LogP contribution < -0.4 is 10.5 Å². The number of hydrogen-bond donors (Lipinski definition) is 3. The molecule has 0 fully saturated rings. The second-order valence-corrected chi connectivity index (χ2v) is 3.83. The van der Waals surface area contributed by atoms with Crippen molar-refractivity contribution in [3.8, 4) is 11.5 Å². The number of alkyl halides is 3. The number of benzene rings is 1. The number of hydrogen-bond acceptors (Lipinski definition) is 4. The first-order valence-corrected chi connectivity index (χ1v) is 5.13. The fraction of sp³-hybridized carbons (Fsp3) is 0.455. The molecule has 0 aliphatic carbocycles. The average molecular weight is 265 g/mol. The minimum Gasteiger partial charge on any atom is -0.504 e. The summed E-state index contributed by atoms with van der Waals surface area (Å²) in [5.41, 5.74) is 5.06. The van der Waals surface area contributed by atoms with Gasteiger partial charge in [-0.1, -0.05) is 6.07 Å². The Bertz CT molecular complexity index is 409. The summed E-state index contributed by atoms with van der Waals surface area (Å²) in [4.78, 5) is 0. The van der Waals surface area contributed by atoms with E-state index in [1.807, 2.05) is 0 Å². The second-order valence-electron chi connectivity index (χ2n) is 3.83. The maximum absolute atomic E-state index is 12.2. The number of aliphatic hydroxyl groups is 1. The van der Waals surface area contributed by atoms with E-state index in [-0.39, 0.29) is 17.1 Å². The number of aromatic hydroxyl groups is 1. The molecule has 1 rings (SSSR count). The fourth-order valence-electron chi connectivity index (χ4n) is 1.42. The highest BCUT2D eigenvalue weighted by atomic mass is 19.4. The van der Waals surface area contributed by atoms with Crippen LogP contribution in [0.15, 0.2) is 18.2 Å². The van der Waals surface area contributed by atoms with Gasteiger partial charge in [0.05, 0.1) is 13.2 Å². The molecule has 0 aliphatic heterocycles. The van der Waals surface area contributed by atoms with Gasteiger partial charge in [-0.25, -0.2) is 0 Å². The number of halogens is 3. The van der Waals surface area contributed by atoms with Crippen LogP contribution >= 0.6 is 0 Å². The van der Waals surface area contributed by atoms with Gasteiger partial charge in [-0.05, 0) is 17.7 Å². The third-order valence-electron chi connectivity index (χ3n) is 2.49. The molecule has 0 bridgehead atoms. The van der Waals surface area contributed by atoms with Crippen molar-refractivity contribution in [1.82, 2.24) is 0 Å². The zero-order valence-electron chi connectivity index (χ0n) is 9.61. The molecule has 1 aromatic carbocycles. The van der Waals surface area contributed by atoms with Crippen molar-refractivity contribution in [2.45, 2.75) is 24.7 Å². The number of rotatable bonds is 4. The lowest BCUT2D eigenvalue weighted by atomic mass is 10.0. The highest BCUT2D eigenvalue weighted by molar-refractivity contribution is 5.42. The lowest BCUT2D eigenvalue weighted by Crippen LogP contribution is -2.38. The largest absolute Gasteiger partial charge is 0.504 e. The monoisotopic (exact) mass is 265 g/mol. The molecular formula is C11H14F3NO3. The summed E-state index contributed by atoms with van der Waals surface area (Å²) in [7, 11) is 1.34. The Kier molecular flexibility index (Phi) is 4.42. The van der Waals surface area contributed by atoms with E-state index in [0.717, 1.165) is 6.07 Å². The SMILES string of the molecule is COc1ccc([C@@H](O)C[C@H](N)C(F)(F)F)cc1O. The van der Waals surface area contributed by atoms with Crippen molar-refractivity contribution < 1.29 is 28.1 Å². The Hall–Kier alpha value is -1.47. The van der Waals surface area contributed by atoms with Crippen molar-refractivity contribution in [3.63, 3.8) is 0 Å². The molecule has 0 heterocycles. The third-order valence-corrected chi connectivity index (χ3v) is 2.49. The van der Waals surface area contributed by atoms with Crippen LogP contribution in [-0.2, 0) is 0 Å². The molecule has 4 nitrogen and oxygen atoms in total. The molecule has 0 amide bonds. The van der Waals surface area contributed by atoms with Gasteiger partial charge in [-0.2, -0.15) is 13.2 Å². The normalized spacial score (nSPS) is 15.2. The van der Waals surface area contributed by atoms with E-state index in [2.05, 4.69) is 0 Å². The average Bonchev–Trinajstić information content (AvgIpc) is 2.27. The highest BCUT2D eigenvalue weighted by Crippen LogP contribution is 2.32. The maximum Gasteiger partial charge on any atom is 0.403 e. The van der Waals surface area contributed by atoms with E-state index in [1.54, 1.807) is 0 Å². The molecule has 0 aromatic heterocycles. The third kappa shape index (κ3) is 3.51. The van der Waals surface area contributed by atoms with Gasteiger partial charge in [-0.3, -0.25) is 0 Å². The van der Waals surface area contributed by atoms with Crippen LogP contribution in [0.1, 0.15) is 18.1 Å². The van der Waals surface area contributed by atoms with Gasteiger partial charge in [0.15, 0.2) is 11.5 Å². The van der Waals surface area contributed by atoms with Crippen molar-refractivity contribution in [1.29, 1.82) is 0 Å². The zero-order valence-corrected chi connectivity index (χ0v) is 9.61. The van der Waals surface area contributed by atoms with Gasteiger partial charge in [0, 0.05) is 6.42 Å². The quantitative estimate of drug-likeness (QED) is 0.774. The fourth-order valence-corrected chi connectivity index (χ4v) is 1.42. The van der Waals surface area contributed by atoms with Gasteiger partial charge in [0.25, 0.3) is 0 Å². The number of nitrogens with two attached hydrogens (primary N) is 1. The first kappa shape index (κ1) is 14.6. The number of aliphatic hydroxyl groups excluding tert-OH is 1. The van der Waals surface area contributed by atoms with Crippen LogP contribution in [0.5, 0.6) is 11.5 Å². The zero-order chi connectivity index (χ0) is 13.9. The summed E-state index contributed by atoms with van der Waals surface area (Å²) < 4.78 is 41.4. The van der Waals surface area contributed by atoms with E-state index >= 15 is 0 Å². The minimum absolute atomic E-state index is 0.146. The van der Waals surface area contributed by atoms with Crippen LogP contribution in [-0.4, -0.2) is 29.5 Å². The van der Waals surface area contributed by atoms with Crippen LogP contribution in [0.2, 0.25) is 0 Å². The number of phenolic OH excluding ortho intramolecular Hbond substituents is 1. The van der Waals surface area contributed by atoms with Crippen molar-refractivity contribution in [2.75, 3.05) is 7.11 Å². The molecule has 1 aromatic rings. The first-order chi connectivity index (χ1) is 8.25. The van der Waals surface area contributed by atoms with Crippen molar-refractivity contribution >= 4 is 0 Å². The van der Waals surface area contributed by atoms with E-state index < -0.39 is 24.7 Å². The Morgan fingerprint density at radius 1 is 1.39 bits per heavy atom. The van der Waals surface area contributed by atoms with Gasteiger partial charge in [0.2, 0.25) is 0 Å². The molecule has 0 saturated carbocycles. The van der Waals surface area contributed by atoms with Crippen LogP contribution in [0.4, 0.5) is 13.2 Å². The molecule has 18 heavy (non-hydrogen) atoms. The summed E-state index contributed by atoms with van der Waals surface area (Å²) in [6, 6.07) is 1.75. The predicted octanol–water partition coefficient (Wildman–Crippen LogP) is 1.71. The predicted molar refractivity (Wildman–Crippen MR) is 58.3 cm³/mol. The molecule has 2 atom stereocenters. The minimum atomic E-state index is -4.56. The Balaban J connectivity index is 2.79. The lowest BCUT2D eigenvalue weighted by Gasteiger charge is -2.19. The van der Waals surface area contributed by atoms with Gasteiger partial charge in [0.1, 0.15) is 6.04 Å². The highest BCUT2D eigenvalue weighted by Gasteiger charge is 2.38. The molecule has 0 spiro atoms. The van der Waals surface area contributed by atoms with Gasteiger partial charge in [-0.15, -0.1) is 0 Å². The van der Waals surface area contributed by atoms with Crippen LogP contribution in [0, 0.1) is 0 Å². The molecule has 4 N–H and O–H groups in total. The molecule has 0 aliphatic rings. The van der Waals surface area contributed by atoms with E-state index in [0.29, 0.717) is 0 Å². The molecule has 0 saturated heterocycles. The smallest absolute Gasteiger partial charge is 0.403 e. The van der Waals surface area contributed by atoms with Crippen molar-refractivity contribution in [3.05, 3.63) is 23.8 Å². The van der Waals surface area contributed by atoms with Gasteiger partial charge < -0.3 is 20.7 Å². The topological polar surface area (TPSA) is 75.7 Å². The number of methoxy groups -OCH3 is 1. The Morgan fingerprint density at radius 3 is 2.44 bits per heavy atom. The molecule has 0 radical (unpaired) electrons. The van der Waals surface area contributed by atoms with Crippen LogP contribution in [0.25, 0.3) is 0 Å². The Morgan fingerprint density at radius 2 is 2.00 bits per heavy atom.